The highest BCUT2D eigenvalue weighted by Crippen LogP contribution is 2.29. The van der Waals surface area contributed by atoms with E-state index in [1.54, 1.807) is 18.2 Å². The Balaban J connectivity index is 2.63. The molecule has 0 spiro atoms. The molecule has 0 saturated carbocycles. The maximum atomic E-state index is 11.9. The molecule has 1 aliphatic heterocycles. The molecule has 0 radical (unpaired) electrons. The zero-order chi connectivity index (χ0) is 10.8. The van der Waals surface area contributed by atoms with Crippen LogP contribution in [0.2, 0.25) is 0 Å². The lowest BCUT2D eigenvalue weighted by Gasteiger charge is -2.09. The number of carbonyl (C=O) groups is 1. The Bertz CT molecular complexity index is 426. The van der Waals surface area contributed by atoms with Crippen LogP contribution in [0.15, 0.2) is 23.1 Å². The number of hydrogen-bond donors (Lipinski definition) is 0. The van der Waals surface area contributed by atoms with Crippen LogP contribution in [0, 0.1) is 0 Å². The number of benzene rings is 1. The van der Waals surface area contributed by atoms with E-state index in [1.165, 1.54) is 7.11 Å². The van der Waals surface area contributed by atoms with Gasteiger partial charge in [-0.2, -0.15) is 0 Å². The quantitative estimate of drug-likeness (QED) is 0.730. The summed E-state index contributed by atoms with van der Waals surface area (Å²) < 4.78 is 17.1. The molecule has 0 amide bonds. The number of carbonyl (C=O) groups excluding carboxylic acids is 1. The predicted molar refractivity (Wildman–Crippen MR) is 57.8 cm³/mol. The van der Waals surface area contributed by atoms with Crippen molar-refractivity contribution in [3.8, 4) is 5.75 Å². The third-order valence-corrected chi connectivity index (χ3v) is 4.00. The van der Waals surface area contributed by atoms with Crippen LogP contribution in [0.25, 0.3) is 0 Å². The molecule has 0 aliphatic carbocycles. The van der Waals surface area contributed by atoms with E-state index in [0.29, 0.717) is 34.8 Å². The van der Waals surface area contributed by atoms with Gasteiger partial charge < -0.3 is 4.74 Å². The molecule has 1 heterocycles. The fourth-order valence-electron chi connectivity index (χ4n) is 1.73. The second-order valence-electron chi connectivity index (χ2n) is 3.41. The molecule has 0 fully saturated rings. The molecular weight excluding hydrogens is 212 g/mol. The van der Waals surface area contributed by atoms with Crippen LogP contribution in [0.3, 0.4) is 0 Å². The van der Waals surface area contributed by atoms with Crippen molar-refractivity contribution in [1.29, 1.82) is 0 Å². The van der Waals surface area contributed by atoms with E-state index < -0.39 is 10.8 Å². The van der Waals surface area contributed by atoms with Crippen molar-refractivity contribution in [2.24, 2.45) is 0 Å². The number of ether oxygens (including phenoxy) is 1. The molecule has 0 N–H and O–H groups in total. The Morgan fingerprint density at radius 2 is 2.20 bits per heavy atom. The standard InChI is InChI=1S/C11H12O3S/c1-14-10-6-2-4-8-9(12)5-3-7-15(13)11(8)10/h2,4,6H,3,5,7H2,1H3. The maximum Gasteiger partial charge on any atom is 0.164 e. The number of hydrogen-bond acceptors (Lipinski definition) is 3. The molecule has 1 atom stereocenters. The summed E-state index contributed by atoms with van der Waals surface area (Å²) in [6, 6.07) is 5.23. The average Bonchev–Trinajstić information content (AvgIpc) is 2.40. The minimum atomic E-state index is -1.11. The van der Waals surface area contributed by atoms with Crippen molar-refractivity contribution in [1.82, 2.24) is 0 Å². The molecule has 0 aromatic heterocycles. The van der Waals surface area contributed by atoms with E-state index in [9.17, 15) is 9.00 Å². The normalized spacial score (nSPS) is 20.6. The number of rotatable bonds is 1. The first-order valence-electron chi connectivity index (χ1n) is 4.82. The Morgan fingerprint density at radius 3 is 2.93 bits per heavy atom. The lowest BCUT2D eigenvalue weighted by molar-refractivity contribution is 0.0979. The number of Topliss-reactive ketones (excluding diaryl/α,β-unsaturated/α-hetero) is 1. The van der Waals surface area contributed by atoms with Gasteiger partial charge >= 0.3 is 0 Å². The van der Waals surface area contributed by atoms with E-state index in [4.69, 9.17) is 4.74 Å². The highest BCUT2D eigenvalue weighted by atomic mass is 32.2. The summed E-state index contributed by atoms with van der Waals surface area (Å²) >= 11 is 0. The summed E-state index contributed by atoms with van der Waals surface area (Å²) in [5, 5.41) is 0. The Labute approximate surface area is 90.9 Å². The summed E-state index contributed by atoms with van der Waals surface area (Å²) in [6.45, 7) is 0. The highest BCUT2D eigenvalue weighted by molar-refractivity contribution is 7.85. The van der Waals surface area contributed by atoms with E-state index in [2.05, 4.69) is 0 Å². The van der Waals surface area contributed by atoms with Gasteiger partial charge in [-0.25, -0.2) is 0 Å². The molecule has 4 heteroatoms. The zero-order valence-electron chi connectivity index (χ0n) is 8.49. The van der Waals surface area contributed by atoms with Crippen LogP contribution >= 0.6 is 0 Å². The summed E-state index contributed by atoms with van der Waals surface area (Å²) in [5.41, 5.74) is 0.560. The van der Waals surface area contributed by atoms with Gasteiger partial charge in [0.05, 0.1) is 22.8 Å². The lowest BCUT2D eigenvalue weighted by Crippen LogP contribution is -2.03. The van der Waals surface area contributed by atoms with Crippen molar-refractivity contribution in [3.63, 3.8) is 0 Å². The van der Waals surface area contributed by atoms with Crippen LogP contribution in [-0.4, -0.2) is 22.9 Å². The molecular formula is C11H12O3S. The van der Waals surface area contributed by atoms with Crippen LogP contribution in [0.1, 0.15) is 23.2 Å². The Kier molecular flexibility index (Phi) is 2.86. The molecule has 15 heavy (non-hydrogen) atoms. The van der Waals surface area contributed by atoms with Gasteiger partial charge in [0.1, 0.15) is 5.75 Å². The van der Waals surface area contributed by atoms with Crippen molar-refractivity contribution in [2.75, 3.05) is 12.9 Å². The Hall–Kier alpha value is -1.16. The minimum Gasteiger partial charge on any atom is -0.495 e. The van der Waals surface area contributed by atoms with Gasteiger partial charge in [0.2, 0.25) is 0 Å². The second kappa shape index (κ2) is 4.14. The first-order chi connectivity index (χ1) is 7.24. The zero-order valence-corrected chi connectivity index (χ0v) is 9.30. The van der Waals surface area contributed by atoms with Crippen LogP contribution < -0.4 is 4.74 Å². The third kappa shape index (κ3) is 1.81. The number of methoxy groups -OCH3 is 1. The second-order valence-corrected chi connectivity index (χ2v) is 4.92. The molecule has 1 aromatic carbocycles. The van der Waals surface area contributed by atoms with Gasteiger partial charge in [-0.05, 0) is 18.6 Å². The van der Waals surface area contributed by atoms with Gasteiger partial charge in [0.25, 0.3) is 0 Å². The van der Waals surface area contributed by atoms with E-state index in [-0.39, 0.29) is 5.78 Å². The average molecular weight is 224 g/mol. The van der Waals surface area contributed by atoms with Crippen molar-refractivity contribution in [3.05, 3.63) is 23.8 Å². The summed E-state index contributed by atoms with van der Waals surface area (Å²) in [6.07, 6.45) is 1.16. The molecule has 1 aliphatic rings. The smallest absolute Gasteiger partial charge is 0.164 e. The van der Waals surface area contributed by atoms with Gasteiger partial charge in [-0.3, -0.25) is 9.00 Å². The van der Waals surface area contributed by atoms with Crippen molar-refractivity contribution < 1.29 is 13.7 Å². The summed E-state index contributed by atoms with van der Waals surface area (Å²) in [7, 11) is 0.419. The van der Waals surface area contributed by atoms with Crippen molar-refractivity contribution in [2.45, 2.75) is 17.7 Å². The maximum absolute atomic E-state index is 11.9. The summed E-state index contributed by atoms with van der Waals surface area (Å²) in [4.78, 5) is 12.3. The molecule has 1 aromatic rings. The van der Waals surface area contributed by atoms with Gasteiger partial charge in [0, 0.05) is 17.7 Å². The minimum absolute atomic E-state index is 0.0646. The first-order valence-corrected chi connectivity index (χ1v) is 6.14. The fourth-order valence-corrected chi connectivity index (χ4v) is 3.15. The molecule has 0 bridgehead atoms. The van der Waals surface area contributed by atoms with Crippen LogP contribution in [0.5, 0.6) is 5.75 Å². The monoisotopic (exact) mass is 224 g/mol. The topological polar surface area (TPSA) is 43.4 Å². The van der Waals surface area contributed by atoms with Crippen LogP contribution in [-0.2, 0) is 10.8 Å². The fraction of sp³-hybridized carbons (Fsp3) is 0.364. The summed E-state index contributed by atoms with van der Waals surface area (Å²) in [5.74, 6) is 1.16. The first kappa shape index (κ1) is 10.4. The number of ketones is 1. The Morgan fingerprint density at radius 1 is 1.40 bits per heavy atom. The van der Waals surface area contributed by atoms with Crippen LogP contribution in [0.4, 0.5) is 0 Å². The SMILES string of the molecule is COc1cccc2c1S(=O)CCCC2=O. The molecule has 3 nitrogen and oxygen atoms in total. The van der Waals surface area contributed by atoms with E-state index in [0.717, 1.165) is 0 Å². The van der Waals surface area contributed by atoms with Gasteiger partial charge in [-0.15, -0.1) is 0 Å². The van der Waals surface area contributed by atoms with Crippen molar-refractivity contribution >= 4 is 16.6 Å². The lowest BCUT2D eigenvalue weighted by atomic mass is 10.1. The third-order valence-electron chi connectivity index (χ3n) is 2.46. The van der Waals surface area contributed by atoms with Gasteiger partial charge in [0.15, 0.2) is 5.78 Å². The number of fused-ring (bicyclic) bond motifs is 1. The van der Waals surface area contributed by atoms with E-state index in [1.807, 2.05) is 0 Å². The van der Waals surface area contributed by atoms with E-state index >= 15 is 0 Å². The molecule has 2 rings (SSSR count). The van der Waals surface area contributed by atoms with Gasteiger partial charge in [-0.1, -0.05) is 6.07 Å². The highest BCUT2D eigenvalue weighted by Gasteiger charge is 2.23. The molecule has 0 saturated heterocycles. The largest absolute Gasteiger partial charge is 0.495 e. The molecule has 80 valence electrons. The predicted octanol–water partition coefficient (Wildman–Crippen LogP) is 1.78. The molecule has 1 unspecified atom stereocenters.